The number of ketones is 1. The molecule has 4 rings (SSSR count). The van der Waals surface area contributed by atoms with Crippen molar-refractivity contribution in [1.82, 2.24) is 19.9 Å². The summed E-state index contributed by atoms with van der Waals surface area (Å²) in [6.45, 7) is 2.62. The number of carbonyl (C=O) groups is 2. The van der Waals surface area contributed by atoms with E-state index in [9.17, 15) is 9.59 Å². The lowest BCUT2D eigenvalue weighted by Gasteiger charge is -2.21. The highest BCUT2D eigenvalue weighted by molar-refractivity contribution is 5.99. The van der Waals surface area contributed by atoms with Crippen molar-refractivity contribution in [2.24, 2.45) is 0 Å². The molecule has 1 aromatic heterocycles. The molecule has 7 heteroatoms. The van der Waals surface area contributed by atoms with E-state index >= 15 is 0 Å². The molecule has 0 N–H and O–H groups in total. The fourth-order valence-corrected chi connectivity index (χ4v) is 3.73. The van der Waals surface area contributed by atoms with Crippen molar-refractivity contribution in [3.8, 4) is 11.1 Å². The average molecular weight is 404 g/mol. The highest BCUT2D eigenvalue weighted by atomic mass is 16.5. The first-order chi connectivity index (χ1) is 14.4. The molecule has 2 heterocycles. The zero-order valence-corrected chi connectivity index (χ0v) is 17.3. The van der Waals surface area contributed by atoms with Crippen LogP contribution in [0.3, 0.4) is 0 Å². The maximum atomic E-state index is 13.2. The number of hydrogen-bond donors (Lipinski definition) is 0. The van der Waals surface area contributed by atoms with E-state index in [4.69, 9.17) is 4.52 Å². The van der Waals surface area contributed by atoms with Gasteiger partial charge in [0.25, 0.3) is 5.91 Å². The van der Waals surface area contributed by atoms with Crippen LogP contribution in [0.2, 0.25) is 0 Å². The topological polar surface area (TPSA) is 79.5 Å². The number of nitrogens with zero attached hydrogens (tertiary/aromatic N) is 4. The maximum Gasteiger partial charge on any atom is 0.254 e. The Labute approximate surface area is 175 Å². The van der Waals surface area contributed by atoms with E-state index < -0.39 is 6.04 Å². The second kappa shape index (κ2) is 8.20. The summed E-state index contributed by atoms with van der Waals surface area (Å²) < 4.78 is 5.28. The lowest BCUT2D eigenvalue weighted by molar-refractivity contribution is -0.116. The van der Waals surface area contributed by atoms with Crippen LogP contribution in [0.1, 0.15) is 40.1 Å². The average Bonchev–Trinajstić information content (AvgIpc) is 3.34. The Morgan fingerprint density at radius 2 is 1.90 bits per heavy atom. The first-order valence-electron chi connectivity index (χ1n) is 9.88. The number of aromatic nitrogens is 2. The van der Waals surface area contributed by atoms with Crippen molar-refractivity contribution in [1.29, 1.82) is 0 Å². The minimum atomic E-state index is -0.499. The summed E-state index contributed by atoms with van der Waals surface area (Å²) in [6, 6.07) is 15.1. The molecule has 1 atom stereocenters. The number of hydrogen-bond acceptors (Lipinski definition) is 6. The smallest absolute Gasteiger partial charge is 0.254 e. The van der Waals surface area contributed by atoms with Crippen molar-refractivity contribution < 1.29 is 14.1 Å². The van der Waals surface area contributed by atoms with Crippen molar-refractivity contribution in [3.05, 3.63) is 71.4 Å². The summed E-state index contributed by atoms with van der Waals surface area (Å²) in [5, 5.41) is 4.02. The predicted molar refractivity (Wildman–Crippen MR) is 112 cm³/mol. The SMILES string of the molecule is Cc1ccccc1-c1ccc(C(=O)N2CC(=O)CC2c2noc(CN(C)C)n2)cc1. The highest BCUT2D eigenvalue weighted by Crippen LogP contribution is 2.31. The first-order valence-corrected chi connectivity index (χ1v) is 9.88. The molecular weight excluding hydrogens is 380 g/mol. The summed E-state index contributed by atoms with van der Waals surface area (Å²) in [5.41, 5.74) is 3.88. The Morgan fingerprint density at radius 3 is 2.60 bits per heavy atom. The van der Waals surface area contributed by atoms with Gasteiger partial charge < -0.3 is 14.3 Å². The number of carbonyl (C=O) groups excluding carboxylic acids is 2. The molecule has 0 aliphatic carbocycles. The summed E-state index contributed by atoms with van der Waals surface area (Å²) in [6.07, 6.45) is 0.202. The normalized spacial score (nSPS) is 16.5. The van der Waals surface area contributed by atoms with Gasteiger partial charge in [0.1, 0.15) is 6.04 Å². The zero-order chi connectivity index (χ0) is 21.3. The van der Waals surface area contributed by atoms with Crippen molar-refractivity contribution in [2.75, 3.05) is 20.6 Å². The summed E-state index contributed by atoms with van der Waals surface area (Å²) in [4.78, 5) is 33.1. The monoisotopic (exact) mass is 404 g/mol. The third-order valence-electron chi connectivity index (χ3n) is 5.23. The Kier molecular flexibility index (Phi) is 5.46. The van der Waals surface area contributed by atoms with E-state index in [-0.39, 0.29) is 24.7 Å². The molecule has 0 saturated carbocycles. The van der Waals surface area contributed by atoms with Gasteiger partial charge in [-0.2, -0.15) is 4.98 Å². The molecule has 30 heavy (non-hydrogen) atoms. The largest absolute Gasteiger partial charge is 0.338 e. The number of rotatable bonds is 5. The third kappa shape index (κ3) is 4.02. The molecule has 0 radical (unpaired) electrons. The van der Waals surface area contributed by atoms with Gasteiger partial charge in [0.2, 0.25) is 5.89 Å². The number of benzene rings is 2. The van der Waals surface area contributed by atoms with Crippen LogP contribution in [0.25, 0.3) is 11.1 Å². The van der Waals surface area contributed by atoms with Crippen LogP contribution in [0.5, 0.6) is 0 Å². The number of amides is 1. The minimum Gasteiger partial charge on any atom is -0.338 e. The molecule has 154 valence electrons. The van der Waals surface area contributed by atoms with Crippen molar-refractivity contribution in [2.45, 2.75) is 25.9 Å². The van der Waals surface area contributed by atoms with E-state index in [1.54, 1.807) is 12.1 Å². The van der Waals surface area contributed by atoms with Gasteiger partial charge in [-0.25, -0.2) is 0 Å². The second-order valence-corrected chi connectivity index (χ2v) is 7.87. The van der Waals surface area contributed by atoms with Crippen LogP contribution in [0.4, 0.5) is 0 Å². The molecule has 1 fully saturated rings. The molecule has 0 spiro atoms. The van der Waals surface area contributed by atoms with E-state index in [1.165, 1.54) is 10.5 Å². The van der Waals surface area contributed by atoms with Crippen LogP contribution in [0.15, 0.2) is 53.1 Å². The van der Waals surface area contributed by atoms with Crippen LogP contribution >= 0.6 is 0 Å². The summed E-state index contributed by atoms with van der Waals surface area (Å²) in [7, 11) is 3.80. The third-order valence-corrected chi connectivity index (χ3v) is 5.23. The van der Waals surface area contributed by atoms with Gasteiger partial charge in [-0.05, 0) is 49.8 Å². The molecule has 3 aromatic rings. The van der Waals surface area contributed by atoms with E-state index in [0.717, 1.165) is 11.1 Å². The summed E-state index contributed by atoms with van der Waals surface area (Å²) in [5.74, 6) is 0.622. The molecule has 1 unspecified atom stereocenters. The molecule has 1 aliphatic rings. The molecule has 1 aliphatic heterocycles. The minimum absolute atomic E-state index is 0.0103. The van der Waals surface area contributed by atoms with Gasteiger partial charge in [-0.15, -0.1) is 0 Å². The Bertz CT molecular complexity index is 1070. The van der Waals surface area contributed by atoms with Gasteiger partial charge in [0, 0.05) is 12.0 Å². The Balaban J connectivity index is 1.56. The van der Waals surface area contributed by atoms with E-state index in [0.29, 0.717) is 23.8 Å². The molecule has 2 aromatic carbocycles. The van der Waals surface area contributed by atoms with Crippen molar-refractivity contribution in [3.63, 3.8) is 0 Å². The van der Waals surface area contributed by atoms with Gasteiger partial charge in [0.05, 0.1) is 13.1 Å². The van der Waals surface area contributed by atoms with Crippen LogP contribution < -0.4 is 0 Å². The molecule has 1 saturated heterocycles. The highest BCUT2D eigenvalue weighted by Gasteiger charge is 2.38. The summed E-state index contributed by atoms with van der Waals surface area (Å²) >= 11 is 0. The van der Waals surface area contributed by atoms with Crippen LogP contribution in [0, 0.1) is 6.92 Å². The van der Waals surface area contributed by atoms with Crippen molar-refractivity contribution >= 4 is 11.7 Å². The zero-order valence-electron chi connectivity index (χ0n) is 17.3. The quantitative estimate of drug-likeness (QED) is 0.649. The van der Waals surface area contributed by atoms with Gasteiger partial charge in [0.15, 0.2) is 11.6 Å². The number of Topliss-reactive ketones (excluding diaryl/α,β-unsaturated/α-hetero) is 1. The van der Waals surface area contributed by atoms with E-state index in [2.05, 4.69) is 29.2 Å². The molecule has 1 amide bonds. The van der Waals surface area contributed by atoms with Crippen LogP contribution in [-0.2, 0) is 11.3 Å². The Hall–Kier alpha value is -3.32. The van der Waals surface area contributed by atoms with Gasteiger partial charge in [-0.1, -0.05) is 41.6 Å². The molecular formula is C23H24N4O3. The lowest BCUT2D eigenvalue weighted by Crippen LogP contribution is -2.31. The fourth-order valence-electron chi connectivity index (χ4n) is 3.73. The first kappa shape index (κ1) is 20.0. The van der Waals surface area contributed by atoms with Gasteiger partial charge >= 0.3 is 0 Å². The van der Waals surface area contributed by atoms with E-state index in [1.807, 2.05) is 43.3 Å². The Morgan fingerprint density at radius 1 is 1.17 bits per heavy atom. The standard InChI is InChI=1S/C23H24N4O3/c1-15-6-4-5-7-19(15)16-8-10-17(11-9-16)23(29)27-13-18(28)12-20(27)22-24-21(30-25-22)14-26(2)3/h4-11,20H,12-14H2,1-3H3. The predicted octanol–water partition coefficient (Wildman–Crippen LogP) is 3.26. The molecule has 7 nitrogen and oxygen atoms in total. The fraction of sp³-hybridized carbons (Fsp3) is 0.304. The lowest BCUT2D eigenvalue weighted by atomic mass is 9.99. The van der Waals surface area contributed by atoms with Gasteiger partial charge in [-0.3, -0.25) is 9.59 Å². The number of aryl methyl sites for hydroxylation is 1. The number of likely N-dealkylation sites (tertiary alicyclic amines) is 1. The molecule has 0 bridgehead atoms. The van der Waals surface area contributed by atoms with Crippen LogP contribution in [-0.4, -0.2) is 52.3 Å². The second-order valence-electron chi connectivity index (χ2n) is 7.87. The maximum absolute atomic E-state index is 13.2.